The van der Waals surface area contributed by atoms with Crippen LogP contribution < -0.4 is 5.32 Å². The van der Waals surface area contributed by atoms with Crippen LogP contribution in [0.4, 0.5) is 4.39 Å². The molecule has 0 radical (unpaired) electrons. The maximum Gasteiger partial charge on any atom is 0.126 e. The minimum atomic E-state index is -0.0288. The van der Waals surface area contributed by atoms with Gasteiger partial charge in [-0.2, -0.15) is 0 Å². The molecule has 1 aliphatic carbocycles. The molecular weight excluding hydrogens is 225 g/mol. The zero-order chi connectivity index (χ0) is 13.0. The number of benzene rings is 1. The third kappa shape index (κ3) is 3.32. The van der Waals surface area contributed by atoms with E-state index in [9.17, 15) is 4.39 Å². The fraction of sp³-hybridized carbons (Fsp3) is 0.625. The Morgan fingerprint density at radius 2 is 1.94 bits per heavy atom. The van der Waals surface area contributed by atoms with Gasteiger partial charge in [-0.25, -0.2) is 4.39 Å². The largest absolute Gasteiger partial charge is 0.314 e. The molecule has 100 valence electrons. The van der Waals surface area contributed by atoms with Gasteiger partial charge in [0.1, 0.15) is 5.82 Å². The Hall–Kier alpha value is -0.890. The van der Waals surface area contributed by atoms with E-state index in [1.54, 1.807) is 12.1 Å². The first kappa shape index (κ1) is 13.5. The normalized spacial score (nSPS) is 24.4. The van der Waals surface area contributed by atoms with Crippen LogP contribution in [0.3, 0.4) is 0 Å². The minimum absolute atomic E-state index is 0.0288. The van der Waals surface area contributed by atoms with Crippen molar-refractivity contribution in [2.75, 3.05) is 6.54 Å². The van der Waals surface area contributed by atoms with Gasteiger partial charge in [0.05, 0.1) is 0 Å². The summed E-state index contributed by atoms with van der Waals surface area (Å²) in [5, 5.41) is 3.51. The second-order valence-corrected chi connectivity index (χ2v) is 5.74. The van der Waals surface area contributed by atoms with Gasteiger partial charge in [0.25, 0.3) is 0 Å². The van der Waals surface area contributed by atoms with E-state index in [1.807, 2.05) is 12.1 Å². The van der Waals surface area contributed by atoms with Crippen LogP contribution in [0.1, 0.15) is 51.0 Å². The fourth-order valence-electron chi connectivity index (χ4n) is 3.02. The van der Waals surface area contributed by atoms with E-state index < -0.39 is 0 Å². The number of rotatable bonds is 4. The molecule has 0 amide bonds. The minimum Gasteiger partial charge on any atom is -0.314 e. The molecule has 1 nitrogen and oxygen atoms in total. The molecule has 0 aromatic heterocycles. The second-order valence-electron chi connectivity index (χ2n) is 5.74. The number of nitrogens with one attached hydrogen (secondary N) is 1. The zero-order valence-electron chi connectivity index (χ0n) is 11.5. The van der Waals surface area contributed by atoms with Gasteiger partial charge in [0, 0.05) is 6.04 Å². The summed E-state index contributed by atoms with van der Waals surface area (Å²) in [6.45, 7) is 5.35. The molecular formula is C16H24FN. The molecule has 18 heavy (non-hydrogen) atoms. The molecule has 0 saturated heterocycles. The molecule has 1 fully saturated rings. The summed E-state index contributed by atoms with van der Waals surface area (Å²) >= 11 is 0. The smallest absolute Gasteiger partial charge is 0.126 e. The van der Waals surface area contributed by atoms with Gasteiger partial charge in [-0.3, -0.25) is 0 Å². The molecule has 0 heterocycles. The van der Waals surface area contributed by atoms with Crippen LogP contribution in [0.15, 0.2) is 24.3 Å². The van der Waals surface area contributed by atoms with Crippen LogP contribution in [-0.4, -0.2) is 12.6 Å². The second kappa shape index (κ2) is 6.33. The van der Waals surface area contributed by atoms with E-state index in [-0.39, 0.29) is 5.82 Å². The van der Waals surface area contributed by atoms with Crippen LogP contribution in [0.5, 0.6) is 0 Å². The molecule has 2 unspecified atom stereocenters. The molecule has 2 heteroatoms. The van der Waals surface area contributed by atoms with Crippen molar-refractivity contribution in [2.24, 2.45) is 5.92 Å². The lowest BCUT2D eigenvalue weighted by molar-refractivity contribution is 0.284. The molecule has 2 rings (SSSR count). The standard InChI is InChI=1S/C16H24FN/c1-12(2)18-11-13-7-3-4-8-14(13)15-9-5-6-10-16(15)17/h5-6,9-10,12-14,18H,3-4,7-8,11H2,1-2H3. The highest BCUT2D eigenvalue weighted by Crippen LogP contribution is 2.38. The predicted octanol–water partition coefficient (Wildman–Crippen LogP) is 4.10. The topological polar surface area (TPSA) is 12.0 Å². The summed E-state index contributed by atoms with van der Waals surface area (Å²) in [5.74, 6) is 0.947. The Labute approximate surface area is 110 Å². The average Bonchev–Trinajstić information content (AvgIpc) is 2.37. The van der Waals surface area contributed by atoms with Crippen molar-refractivity contribution in [1.82, 2.24) is 5.32 Å². The molecule has 1 aliphatic rings. The highest BCUT2D eigenvalue weighted by atomic mass is 19.1. The van der Waals surface area contributed by atoms with Crippen molar-refractivity contribution in [3.8, 4) is 0 Å². The van der Waals surface area contributed by atoms with Gasteiger partial charge in [-0.15, -0.1) is 0 Å². The van der Waals surface area contributed by atoms with Crippen LogP contribution >= 0.6 is 0 Å². The SMILES string of the molecule is CC(C)NCC1CCCCC1c1ccccc1F. The molecule has 1 aromatic rings. The van der Waals surface area contributed by atoms with E-state index in [1.165, 1.54) is 19.3 Å². The van der Waals surface area contributed by atoms with Crippen LogP contribution in [0.25, 0.3) is 0 Å². The molecule has 2 atom stereocenters. The predicted molar refractivity (Wildman–Crippen MR) is 74.2 cm³/mol. The fourth-order valence-corrected chi connectivity index (χ4v) is 3.02. The number of hydrogen-bond donors (Lipinski definition) is 1. The Bertz CT molecular complexity index is 375. The van der Waals surface area contributed by atoms with E-state index in [0.717, 1.165) is 18.5 Å². The third-order valence-electron chi connectivity index (χ3n) is 4.00. The molecule has 1 aromatic carbocycles. The summed E-state index contributed by atoms with van der Waals surface area (Å²) in [4.78, 5) is 0. The van der Waals surface area contributed by atoms with Gasteiger partial charge in [-0.05, 0) is 42.9 Å². The zero-order valence-corrected chi connectivity index (χ0v) is 11.5. The lowest BCUT2D eigenvalue weighted by atomic mass is 9.75. The van der Waals surface area contributed by atoms with Gasteiger partial charge >= 0.3 is 0 Å². The van der Waals surface area contributed by atoms with Gasteiger partial charge in [0.2, 0.25) is 0 Å². The Morgan fingerprint density at radius 3 is 2.67 bits per heavy atom. The lowest BCUT2D eigenvalue weighted by Gasteiger charge is -2.33. The van der Waals surface area contributed by atoms with E-state index in [2.05, 4.69) is 19.2 Å². The molecule has 1 N–H and O–H groups in total. The monoisotopic (exact) mass is 249 g/mol. The van der Waals surface area contributed by atoms with Crippen molar-refractivity contribution < 1.29 is 4.39 Å². The third-order valence-corrected chi connectivity index (χ3v) is 4.00. The van der Waals surface area contributed by atoms with Crippen molar-refractivity contribution in [3.05, 3.63) is 35.6 Å². The number of halogens is 1. The Balaban J connectivity index is 2.10. The summed E-state index contributed by atoms with van der Waals surface area (Å²) in [6, 6.07) is 7.81. The lowest BCUT2D eigenvalue weighted by Crippen LogP contribution is -2.33. The molecule has 0 aliphatic heterocycles. The first-order valence-corrected chi connectivity index (χ1v) is 7.16. The molecule has 0 bridgehead atoms. The molecule has 0 spiro atoms. The van der Waals surface area contributed by atoms with Crippen molar-refractivity contribution >= 4 is 0 Å². The van der Waals surface area contributed by atoms with Gasteiger partial charge < -0.3 is 5.32 Å². The maximum atomic E-state index is 13.9. The van der Waals surface area contributed by atoms with Crippen molar-refractivity contribution in [2.45, 2.75) is 51.5 Å². The van der Waals surface area contributed by atoms with E-state index in [0.29, 0.717) is 17.9 Å². The highest BCUT2D eigenvalue weighted by Gasteiger charge is 2.28. The van der Waals surface area contributed by atoms with E-state index >= 15 is 0 Å². The van der Waals surface area contributed by atoms with Crippen LogP contribution in [0.2, 0.25) is 0 Å². The first-order chi connectivity index (χ1) is 8.68. The summed E-state index contributed by atoms with van der Waals surface area (Å²) in [7, 11) is 0. The van der Waals surface area contributed by atoms with Crippen molar-refractivity contribution in [3.63, 3.8) is 0 Å². The van der Waals surface area contributed by atoms with Gasteiger partial charge in [0.15, 0.2) is 0 Å². The number of hydrogen-bond acceptors (Lipinski definition) is 1. The van der Waals surface area contributed by atoms with Crippen LogP contribution in [0, 0.1) is 11.7 Å². The summed E-state index contributed by atoms with van der Waals surface area (Å²) in [6.07, 6.45) is 4.87. The van der Waals surface area contributed by atoms with E-state index in [4.69, 9.17) is 0 Å². The Kier molecular flexibility index (Phi) is 4.76. The van der Waals surface area contributed by atoms with Crippen LogP contribution in [-0.2, 0) is 0 Å². The van der Waals surface area contributed by atoms with Crippen molar-refractivity contribution in [1.29, 1.82) is 0 Å². The molecule has 1 saturated carbocycles. The summed E-state index contributed by atoms with van der Waals surface area (Å²) in [5.41, 5.74) is 0.924. The Morgan fingerprint density at radius 1 is 1.22 bits per heavy atom. The first-order valence-electron chi connectivity index (χ1n) is 7.16. The average molecular weight is 249 g/mol. The quantitative estimate of drug-likeness (QED) is 0.847. The van der Waals surface area contributed by atoms with Gasteiger partial charge in [-0.1, -0.05) is 44.9 Å². The summed E-state index contributed by atoms with van der Waals surface area (Å²) < 4.78 is 13.9. The highest BCUT2D eigenvalue weighted by molar-refractivity contribution is 5.23. The maximum absolute atomic E-state index is 13.9.